The number of alkyl halides is 3. The van der Waals surface area contributed by atoms with E-state index in [1.807, 2.05) is 0 Å². The molecule has 1 spiro atoms. The Kier molecular flexibility index (Phi) is 6.58. The maximum Gasteiger partial charge on any atom is 0.416 e. The summed E-state index contributed by atoms with van der Waals surface area (Å²) < 4.78 is 51.3. The van der Waals surface area contributed by atoms with Crippen molar-refractivity contribution in [2.75, 3.05) is 32.8 Å². The fourth-order valence-corrected chi connectivity index (χ4v) is 4.30. The maximum atomic E-state index is 13.3. The molecule has 4 rings (SSSR count). The third-order valence-electron chi connectivity index (χ3n) is 6.16. The van der Waals surface area contributed by atoms with Gasteiger partial charge in [-0.05, 0) is 35.4 Å². The summed E-state index contributed by atoms with van der Waals surface area (Å²) >= 11 is 0. The fourth-order valence-electron chi connectivity index (χ4n) is 4.30. The van der Waals surface area contributed by atoms with Gasteiger partial charge in [0.2, 0.25) is 0 Å². The van der Waals surface area contributed by atoms with Gasteiger partial charge in [-0.2, -0.15) is 18.4 Å². The van der Waals surface area contributed by atoms with Crippen LogP contribution in [0.4, 0.5) is 18.0 Å². The molecule has 1 amide bonds. The standard InChI is InChI=1S/C24H24F3N3O3/c25-24(26,27)20-6-2-5-19(14-20)21(18-4-1-3-17(13-18)15-28)32-12-11-30-9-7-23(8-10-30)16-29-22(31)33-23/h1-6,13-14,21H,7-12,16H2,(H,29,31). The topological polar surface area (TPSA) is 74.6 Å². The third kappa shape index (κ3) is 5.46. The first-order chi connectivity index (χ1) is 15.8. The van der Waals surface area contributed by atoms with Gasteiger partial charge in [0.15, 0.2) is 0 Å². The van der Waals surface area contributed by atoms with E-state index in [4.69, 9.17) is 9.47 Å². The molecule has 6 nitrogen and oxygen atoms in total. The first-order valence-electron chi connectivity index (χ1n) is 10.8. The van der Waals surface area contributed by atoms with Gasteiger partial charge in [0, 0.05) is 32.5 Å². The molecule has 2 heterocycles. The lowest BCUT2D eigenvalue weighted by Gasteiger charge is -2.37. The number of rotatable bonds is 6. The maximum absolute atomic E-state index is 13.3. The average molecular weight is 459 g/mol. The molecule has 1 unspecified atom stereocenters. The van der Waals surface area contributed by atoms with Crippen LogP contribution in [0.3, 0.4) is 0 Å². The number of piperidine rings is 1. The second-order valence-corrected chi connectivity index (χ2v) is 8.38. The molecule has 0 radical (unpaired) electrons. The quantitative estimate of drug-likeness (QED) is 0.699. The van der Waals surface area contributed by atoms with Crippen LogP contribution in [0.5, 0.6) is 0 Å². The number of halogens is 3. The molecule has 2 aliphatic heterocycles. The number of ether oxygens (including phenoxy) is 2. The van der Waals surface area contributed by atoms with Crippen LogP contribution in [-0.4, -0.2) is 49.4 Å². The summed E-state index contributed by atoms with van der Waals surface area (Å²) in [6, 6.07) is 13.9. The van der Waals surface area contributed by atoms with E-state index < -0.39 is 23.4 Å². The normalized spacial score (nSPS) is 19.0. The number of nitriles is 1. The van der Waals surface area contributed by atoms with Crippen LogP contribution in [0.25, 0.3) is 0 Å². The first-order valence-corrected chi connectivity index (χ1v) is 10.8. The van der Waals surface area contributed by atoms with Gasteiger partial charge in [0.1, 0.15) is 11.7 Å². The highest BCUT2D eigenvalue weighted by molar-refractivity contribution is 5.70. The van der Waals surface area contributed by atoms with Crippen molar-refractivity contribution in [3.63, 3.8) is 0 Å². The van der Waals surface area contributed by atoms with Crippen molar-refractivity contribution in [2.45, 2.75) is 30.7 Å². The van der Waals surface area contributed by atoms with Gasteiger partial charge in [0.25, 0.3) is 0 Å². The Balaban J connectivity index is 1.45. The Morgan fingerprint density at radius 1 is 1.15 bits per heavy atom. The minimum Gasteiger partial charge on any atom is -0.441 e. The molecule has 0 saturated carbocycles. The number of carbonyl (C=O) groups is 1. The number of likely N-dealkylation sites (tertiary alicyclic amines) is 1. The summed E-state index contributed by atoms with van der Waals surface area (Å²) in [5.41, 5.74) is 0.226. The largest absolute Gasteiger partial charge is 0.441 e. The van der Waals surface area contributed by atoms with Crippen molar-refractivity contribution in [2.24, 2.45) is 0 Å². The van der Waals surface area contributed by atoms with Gasteiger partial charge in [-0.3, -0.25) is 0 Å². The molecule has 2 aromatic carbocycles. The Morgan fingerprint density at radius 2 is 1.85 bits per heavy atom. The molecule has 2 aromatic rings. The highest BCUT2D eigenvalue weighted by atomic mass is 19.4. The van der Waals surface area contributed by atoms with Crippen molar-refractivity contribution < 1.29 is 27.4 Å². The molecular weight excluding hydrogens is 435 g/mol. The molecule has 2 saturated heterocycles. The van der Waals surface area contributed by atoms with Gasteiger partial charge in [-0.15, -0.1) is 0 Å². The van der Waals surface area contributed by atoms with Crippen LogP contribution in [0, 0.1) is 11.3 Å². The lowest BCUT2D eigenvalue weighted by atomic mass is 9.92. The lowest BCUT2D eigenvalue weighted by Crippen LogP contribution is -2.47. The second kappa shape index (κ2) is 9.41. The lowest BCUT2D eigenvalue weighted by molar-refractivity contribution is -0.137. The summed E-state index contributed by atoms with van der Waals surface area (Å²) in [5.74, 6) is 0. The first kappa shape index (κ1) is 23.1. The predicted octanol–water partition coefficient (Wildman–Crippen LogP) is 4.26. The number of carbonyl (C=O) groups excluding carboxylic acids is 1. The zero-order valence-electron chi connectivity index (χ0n) is 17.9. The number of hydrogen-bond donors (Lipinski definition) is 1. The number of amides is 1. The molecule has 174 valence electrons. The number of benzene rings is 2. The molecule has 0 aromatic heterocycles. The van der Waals surface area contributed by atoms with E-state index in [1.165, 1.54) is 6.07 Å². The summed E-state index contributed by atoms with van der Waals surface area (Å²) in [7, 11) is 0. The minimum absolute atomic E-state index is 0.294. The Hall–Kier alpha value is -3.09. The number of nitrogens with one attached hydrogen (secondary N) is 1. The highest BCUT2D eigenvalue weighted by Crippen LogP contribution is 2.34. The summed E-state index contributed by atoms with van der Waals surface area (Å²) in [5, 5.41) is 11.9. The van der Waals surface area contributed by atoms with Crippen LogP contribution in [0.1, 0.15) is 41.2 Å². The monoisotopic (exact) mass is 459 g/mol. The van der Waals surface area contributed by atoms with E-state index >= 15 is 0 Å². The Morgan fingerprint density at radius 3 is 2.48 bits per heavy atom. The van der Waals surface area contributed by atoms with E-state index in [9.17, 15) is 23.2 Å². The second-order valence-electron chi connectivity index (χ2n) is 8.38. The molecule has 0 aliphatic carbocycles. The Labute approximate surface area is 189 Å². The number of nitrogens with zero attached hydrogens (tertiary/aromatic N) is 2. The molecule has 2 aliphatic rings. The zero-order chi connectivity index (χ0) is 23.5. The Bertz CT molecular complexity index is 1040. The molecule has 1 atom stereocenters. The van der Waals surface area contributed by atoms with E-state index in [1.54, 1.807) is 30.3 Å². The van der Waals surface area contributed by atoms with E-state index in [2.05, 4.69) is 16.3 Å². The summed E-state index contributed by atoms with van der Waals surface area (Å²) in [6.45, 7) is 2.86. The molecule has 33 heavy (non-hydrogen) atoms. The van der Waals surface area contributed by atoms with Gasteiger partial charge >= 0.3 is 12.3 Å². The van der Waals surface area contributed by atoms with Crippen LogP contribution in [-0.2, 0) is 15.7 Å². The van der Waals surface area contributed by atoms with Gasteiger partial charge < -0.3 is 19.7 Å². The predicted molar refractivity (Wildman–Crippen MR) is 113 cm³/mol. The van der Waals surface area contributed by atoms with E-state index in [0.717, 1.165) is 25.2 Å². The van der Waals surface area contributed by atoms with Gasteiger partial charge in [-0.1, -0.05) is 24.3 Å². The van der Waals surface area contributed by atoms with Crippen LogP contribution >= 0.6 is 0 Å². The molecule has 1 N–H and O–H groups in total. The summed E-state index contributed by atoms with van der Waals surface area (Å²) in [6.07, 6.45) is -4.15. The average Bonchev–Trinajstić information content (AvgIpc) is 3.17. The van der Waals surface area contributed by atoms with Crippen molar-refractivity contribution in [3.8, 4) is 6.07 Å². The van der Waals surface area contributed by atoms with Gasteiger partial charge in [-0.25, -0.2) is 4.79 Å². The molecule has 2 fully saturated rings. The molecular formula is C24H24F3N3O3. The zero-order valence-corrected chi connectivity index (χ0v) is 17.9. The van der Waals surface area contributed by atoms with Crippen LogP contribution in [0.15, 0.2) is 48.5 Å². The fraction of sp³-hybridized carbons (Fsp3) is 0.417. The number of hydrogen-bond acceptors (Lipinski definition) is 5. The van der Waals surface area contributed by atoms with Gasteiger partial charge in [0.05, 0.1) is 30.3 Å². The van der Waals surface area contributed by atoms with Crippen molar-refractivity contribution in [1.82, 2.24) is 10.2 Å². The summed E-state index contributed by atoms with van der Waals surface area (Å²) in [4.78, 5) is 13.6. The smallest absolute Gasteiger partial charge is 0.416 e. The highest BCUT2D eigenvalue weighted by Gasteiger charge is 2.42. The van der Waals surface area contributed by atoms with Crippen LogP contribution < -0.4 is 5.32 Å². The third-order valence-corrected chi connectivity index (χ3v) is 6.16. The number of alkyl carbamates (subject to hydrolysis) is 1. The minimum atomic E-state index is -4.46. The van der Waals surface area contributed by atoms with Crippen molar-refractivity contribution in [3.05, 3.63) is 70.8 Å². The SMILES string of the molecule is N#Cc1cccc(C(OCCN2CCC3(CC2)CNC(=O)O3)c2cccc(C(F)(F)F)c2)c1. The van der Waals surface area contributed by atoms with Crippen molar-refractivity contribution >= 4 is 6.09 Å². The molecule has 0 bridgehead atoms. The van der Waals surface area contributed by atoms with Crippen LogP contribution in [0.2, 0.25) is 0 Å². The van der Waals surface area contributed by atoms with E-state index in [-0.39, 0.29) is 6.09 Å². The molecule has 9 heteroatoms. The van der Waals surface area contributed by atoms with E-state index in [0.29, 0.717) is 49.2 Å². The van der Waals surface area contributed by atoms with Crippen molar-refractivity contribution in [1.29, 1.82) is 5.26 Å².